The average molecular weight is 231 g/mol. The van der Waals surface area contributed by atoms with E-state index in [2.05, 4.69) is 0 Å². The molecule has 0 heterocycles. The number of aryl methyl sites for hydroxylation is 1. The molecule has 0 aromatic heterocycles. The van der Waals surface area contributed by atoms with Crippen molar-refractivity contribution in [3.05, 3.63) is 29.3 Å². The van der Waals surface area contributed by atoms with E-state index in [0.717, 1.165) is 5.56 Å². The Balaban J connectivity index is 2.97. The maximum absolute atomic E-state index is 9.74. The Morgan fingerprint density at radius 1 is 1.33 bits per heavy atom. The summed E-state index contributed by atoms with van der Waals surface area (Å²) in [7, 11) is 1.56. The van der Waals surface area contributed by atoms with Crippen LogP contribution >= 0.6 is 11.6 Å². The van der Waals surface area contributed by atoms with E-state index in [1.165, 1.54) is 0 Å². The number of halogens is 1. The third-order valence-electron chi connectivity index (χ3n) is 2.17. The van der Waals surface area contributed by atoms with Gasteiger partial charge in [-0.25, -0.2) is 0 Å². The molecular formula is C11H15ClO3. The number of ether oxygens (including phenoxy) is 1. The molecule has 15 heavy (non-hydrogen) atoms. The quantitative estimate of drug-likeness (QED) is 0.774. The Morgan fingerprint density at radius 2 is 2.00 bits per heavy atom. The van der Waals surface area contributed by atoms with Crippen molar-refractivity contribution in [3.8, 4) is 5.75 Å². The zero-order valence-electron chi connectivity index (χ0n) is 8.77. The minimum absolute atomic E-state index is 0.00256. The molecule has 0 bridgehead atoms. The highest BCUT2D eigenvalue weighted by Crippen LogP contribution is 2.24. The lowest BCUT2D eigenvalue weighted by Crippen LogP contribution is -2.19. The van der Waals surface area contributed by atoms with Crippen molar-refractivity contribution in [1.29, 1.82) is 0 Å². The molecule has 1 aromatic carbocycles. The highest BCUT2D eigenvalue weighted by atomic mass is 35.5. The zero-order chi connectivity index (χ0) is 11.4. The lowest BCUT2D eigenvalue weighted by Gasteiger charge is -2.17. The standard InChI is InChI=1S/C11H15ClO3/c1-7-3-8(5-9(4-7)15-2)11(14)10(13)6-12/h3-5,10-11,13-14H,6H2,1-2H3. The fourth-order valence-electron chi connectivity index (χ4n) is 1.37. The number of hydrogen-bond donors (Lipinski definition) is 2. The van der Waals surface area contributed by atoms with E-state index in [0.29, 0.717) is 11.3 Å². The van der Waals surface area contributed by atoms with Gasteiger partial charge in [0.05, 0.1) is 19.1 Å². The van der Waals surface area contributed by atoms with Gasteiger partial charge in [-0.05, 0) is 30.2 Å². The van der Waals surface area contributed by atoms with Crippen LogP contribution in [0.25, 0.3) is 0 Å². The third kappa shape index (κ3) is 3.09. The van der Waals surface area contributed by atoms with Gasteiger partial charge in [0.2, 0.25) is 0 Å². The predicted octanol–water partition coefficient (Wildman–Crippen LogP) is 1.64. The van der Waals surface area contributed by atoms with Crippen molar-refractivity contribution in [1.82, 2.24) is 0 Å². The summed E-state index contributed by atoms with van der Waals surface area (Å²) in [6.07, 6.45) is -1.94. The van der Waals surface area contributed by atoms with Gasteiger partial charge >= 0.3 is 0 Å². The van der Waals surface area contributed by atoms with E-state index in [9.17, 15) is 10.2 Å². The van der Waals surface area contributed by atoms with Crippen LogP contribution in [0, 0.1) is 6.92 Å². The molecule has 0 aliphatic carbocycles. The summed E-state index contributed by atoms with van der Waals surface area (Å²) in [5.74, 6) is 0.656. The van der Waals surface area contributed by atoms with Gasteiger partial charge in [-0.1, -0.05) is 6.07 Å². The number of aliphatic hydroxyl groups is 2. The van der Waals surface area contributed by atoms with E-state index < -0.39 is 12.2 Å². The van der Waals surface area contributed by atoms with E-state index in [1.807, 2.05) is 13.0 Å². The molecule has 1 rings (SSSR count). The van der Waals surface area contributed by atoms with Crippen LogP contribution < -0.4 is 4.74 Å². The van der Waals surface area contributed by atoms with Crippen LogP contribution in [-0.2, 0) is 0 Å². The van der Waals surface area contributed by atoms with E-state index in [-0.39, 0.29) is 5.88 Å². The largest absolute Gasteiger partial charge is 0.497 e. The Bertz CT molecular complexity index is 328. The van der Waals surface area contributed by atoms with Crippen molar-refractivity contribution in [2.45, 2.75) is 19.1 Å². The van der Waals surface area contributed by atoms with Crippen LogP contribution in [0.3, 0.4) is 0 Å². The lowest BCUT2D eigenvalue weighted by molar-refractivity contribution is 0.0326. The zero-order valence-corrected chi connectivity index (χ0v) is 9.53. The maximum Gasteiger partial charge on any atom is 0.119 e. The number of methoxy groups -OCH3 is 1. The Kier molecular flexibility index (Phi) is 4.39. The minimum Gasteiger partial charge on any atom is -0.497 e. The van der Waals surface area contributed by atoms with Gasteiger partial charge in [0.1, 0.15) is 11.9 Å². The molecule has 2 unspecified atom stereocenters. The number of hydrogen-bond acceptors (Lipinski definition) is 3. The van der Waals surface area contributed by atoms with Crippen molar-refractivity contribution < 1.29 is 14.9 Å². The fourth-order valence-corrected chi connectivity index (χ4v) is 1.54. The van der Waals surface area contributed by atoms with Gasteiger partial charge in [-0.15, -0.1) is 11.6 Å². The molecule has 3 nitrogen and oxygen atoms in total. The van der Waals surface area contributed by atoms with Crippen LogP contribution in [0.5, 0.6) is 5.75 Å². The van der Waals surface area contributed by atoms with Crippen LogP contribution in [0.2, 0.25) is 0 Å². The van der Waals surface area contributed by atoms with Crippen molar-refractivity contribution in [3.63, 3.8) is 0 Å². The molecule has 0 radical (unpaired) electrons. The normalized spacial score (nSPS) is 14.7. The van der Waals surface area contributed by atoms with Crippen molar-refractivity contribution in [2.24, 2.45) is 0 Å². The molecule has 4 heteroatoms. The van der Waals surface area contributed by atoms with Gasteiger partial charge in [-0.3, -0.25) is 0 Å². The summed E-state index contributed by atoms with van der Waals surface area (Å²) in [5.41, 5.74) is 1.57. The van der Waals surface area contributed by atoms with Gasteiger partial charge in [0.15, 0.2) is 0 Å². The molecule has 0 aliphatic heterocycles. The summed E-state index contributed by atoms with van der Waals surface area (Å²) in [6.45, 7) is 1.89. The summed E-state index contributed by atoms with van der Waals surface area (Å²) >= 11 is 5.47. The smallest absolute Gasteiger partial charge is 0.119 e. The van der Waals surface area contributed by atoms with Crippen molar-refractivity contribution in [2.75, 3.05) is 13.0 Å². The minimum atomic E-state index is -0.976. The lowest BCUT2D eigenvalue weighted by atomic mass is 10.0. The van der Waals surface area contributed by atoms with Crippen molar-refractivity contribution >= 4 is 11.6 Å². The average Bonchev–Trinajstić information content (AvgIpc) is 2.26. The van der Waals surface area contributed by atoms with Gasteiger partial charge < -0.3 is 14.9 Å². The van der Waals surface area contributed by atoms with E-state index >= 15 is 0 Å². The van der Waals surface area contributed by atoms with Crippen LogP contribution in [-0.4, -0.2) is 29.3 Å². The Morgan fingerprint density at radius 3 is 2.53 bits per heavy atom. The van der Waals surface area contributed by atoms with Crippen LogP contribution in [0.4, 0.5) is 0 Å². The fraction of sp³-hybridized carbons (Fsp3) is 0.455. The van der Waals surface area contributed by atoms with Gasteiger partial charge in [-0.2, -0.15) is 0 Å². The molecule has 0 fully saturated rings. The number of rotatable bonds is 4. The second-order valence-electron chi connectivity index (χ2n) is 3.45. The first-order chi connectivity index (χ1) is 7.08. The molecule has 0 amide bonds. The molecule has 0 saturated carbocycles. The summed E-state index contributed by atoms with van der Waals surface area (Å²) in [5, 5.41) is 19.2. The molecule has 0 aliphatic rings. The molecular weight excluding hydrogens is 216 g/mol. The Labute approximate surface area is 94.3 Å². The topological polar surface area (TPSA) is 49.7 Å². The molecule has 2 atom stereocenters. The summed E-state index contributed by atoms with van der Waals surface area (Å²) in [4.78, 5) is 0. The third-order valence-corrected chi connectivity index (χ3v) is 2.49. The summed E-state index contributed by atoms with van der Waals surface area (Å²) in [6, 6.07) is 5.33. The first-order valence-corrected chi connectivity index (χ1v) is 5.19. The SMILES string of the molecule is COc1cc(C)cc(C(O)C(O)CCl)c1. The second kappa shape index (κ2) is 5.35. The van der Waals surface area contributed by atoms with Gasteiger partial charge in [0, 0.05) is 0 Å². The summed E-state index contributed by atoms with van der Waals surface area (Å²) < 4.78 is 5.07. The van der Waals surface area contributed by atoms with Crippen LogP contribution in [0.1, 0.15) is 17.2 Å². The highest BCUT2D eigenvalue weighted by Gasteiger charge is 2.18. The number of alkyl halides is 1. The highest BCUT2D eigenvalue weighted by molar-refractivity contribution is 6.18. The Hall–Kier alpha value is -0.770. The second-order valence-corrected chi connectivity index (χ2v) is 3.76. The molecule has 84 valence electrons. The first kappa shape index (κ1) is 12.3. The molecule has 1 aromatic rings. The first-order valence-electron chi connectivity index (χ1n) is 4.66. The number of benzene rings is 1. The van der Waals surface area contributed by atoms with Crippen LogP contribution in [0.15, 0.2) is 18.2 Å². The van der Waals surface area contributed by atoms with E-state index in [1.54, 1.807) is 19.2 Å². The monoisotopic (exact) mass is 230 g/mol. The number of aliphatic hydroxyl groups excluding tert-OH is 2. The molecule has 0 spiro atoms. The predicted molar refractivity (Wildman–Crippen MR) is 59.4 cm³/mol. The van der Waals surface area contributed by atoms with E-state index in [4.69, 9.17) is 16.3 Å². The maximum atomic E-state index is 9.74. The molecule has 2 N–H and O–H groups in total. The molecule has 0 saturated heterocycles. The van der Waals surface area contributed by atoms with Gasteiger partial charge in [0.25, 0.3) is 0 Å².